The molecule has 3 aliphatic rings. The van der Waals surface area contributed by atoms with Crippen molar-refractivity contribution in [3.05, 3.63) is 0 Å². The summed E-state index contributed by atoms with van der Waals surface area (Å²) in [6.45, 7) is 0. The van der Waals surface area contributed by atoms with E-state index in [9.17, 15) is 17.3 Å². The van der Waals surface area contributed by atoms with Crippen LogP contribution in [-0.4, -0.2) is 25.6 Å². The van der Waals surface area contributed by atoms with Gasteiger partial charge in [-0.25, -0.2) is 0 Å². The summed E-state index contributed by atoms with van der Waals surface area (Å²) in [6, 6.07) is 0. The molecule has 0 bridgehead atoms. The molecular formula is C18H33BF4O3P-. The maximum Gasteiger partial charge on any atom is 0.673 e. The minimum atomic E-state index is -6.00. The molecule has 9 heteroatoms. The first-order valence-electron chi connectivity index (χ1n) is 10.6. The Balaban J connectivity index is 0.000000465. The molecule has 0 aromatic rings. The van der Waals surface area contributed by atoms with Crippen molar-refractivity contribution < 1.29 is 30.8 Å². The summed E-state index contributed by atoms with van der Waals surface area (Å²) >= 11 is 0. The maximum atomic E-state index is 9.75. The molecule has 0 atom stereocenters. The highest BCUT2D eigenvalue weighted by molar-refractivity contribution is 7.41. The minimum Gasteiger partial charge on any atom is -0.418 e. The number of hydrogen-bond donors (Lipinski definition) is 0. The molecule has 0 amide bonds. The topological polar surface area (TPSA) is 27.7 Å². The molecule has 3 rings (SSSR count). The molecule has 3 nitrogen and oxygen atoms in total. The standard InChI is InChI=1S/C18H33O3P.BF4/c1-4-10-16(11-5-1)19-22(20-17-12-6-2-7-13-17)21-18-14-8-3-9-15-18;2-1(3,4)5/h16-18H,1-15H2;/q;-1. The second kappa shape index (κ2) is 12.6. The highest BCUT2D eigenvalue weighted by Crippen LogP contribution is 2.49. The van der Waals surface area contributed by atoms with Gasteiger partial charge in [-0.05, 0) is 38.5 Å². The van der Waals surface area contributed by atoms with Gasteiger partial charge in [-0.1, -0.05) is 57.8 Å². The first-order chi connectivity index (χ1) is 12.9. The lowest BCUT2D eigenvalue weighted by Gasteiger charge is -2.32. The molecule has 0 radical (unpaired) electrons. The van der Waals surface area contributed by atoms with E-state index in [1.165, 1.54) is 96.3 Å². The summed E-state index contributed by atoms with van der Waals surface area (Å²) in [5, 5.41) is 0. The lowest BCUT2D eigenvalue weighted by molar-refractivity contribution is 0.0356. The molecular weight excluding hydrogens is 382 g/mol. The summed E-state index contributed by atoms with van der Waals surface area (Å²) < 4.78 is 58.0. The summed E-state index contributed by atoms with van der Waals surface area (Å²) in [7, 11) is -7.13. The van der Waals surface area contributed by atoms with Crippen LogP contribution in [0.2, 0.25) is 0 Å². The molecule has 0 aromatic heterocycles. The highest BCUT2D eigenvalue weighted by Gasteiger charge is 2.29. The van der Waals surface area contributed by atoms with Crippen LogP contribution in [0.4, 0.5) is 17.3 Å². The molecule has 27 heavy (non-hydrogen) atoms. The zero-order valence-electron chi connectivity index (χ0n) is 16.1. The fourth-order valence-electron chi connectivity index (χ4n) is 3.95. The number of hydrogen-bond acceptors (Lipinski definition) is 3. The third-order valence-electron chi connectivity index (χ3n) is 5.36. The van der Waals surface area contributed by atoms with Crippen molar-refractivity contribution in [3.8, 4) is 0 Å². The van der Waals surface area contributed by atoms with Crippen LogP contribution in [-0.2, 0) is 13.6 Å². The third-order valence-corrected chi connectivity index (χ3v) is 6.77. The van der Waals surface area contributed by atoms with E-state index >= 15 is 0 Å². The third kappa shape index (κ3) is 11.6. The highest BCUT2D eigenvalue weighted by atomic mass is 31.2. The minimum absolute atomic E-state index is 0.382. The Kier molecular flexibility index (Phi) is 10.9. The Morgan fingerprint density at radius 1 is 0.481 bits per heavy atom. The van der Waals surface area contributed by atoms with E-state index < -0.39 is 15.9 Å². The number of halogens is 4. The summed E-state index contributed by atoms with van der Waals surface area (Å²) in [5.74, 6) is 0. The van der Waals surface area contributed by atoms with Crippen LogP contribution in [0, 0.1) is 0 Å². The molecule has 0 aromatic carbocycles. The summed E-state index contributed by atoms with van der Waals surface area (Å²) in [4.78, 5) is 0. The van der Waals surface area contributed by atoms with E-state index in [0.29, 0.717) is 18.3 Å². The van der Waals surface area contributed by atoms with Crippen molar-refractivity contribution in [1.29, 1.82) is 0 Å². The van der Waals surface area contributed by atoms with Gasteiger partial charge in [0.15, 0.2) is 0 Å². The predicted molar refractivity (Wildman–Crippen MR) is 101 cm³/mol. The van der Waals surface area contributed by atoms with Crippen molar-refractivity contribution in [2.45, 2.75) is 115 Å². The van der Waals surface area contributed by atoms with Crippen molar-refractivity contribution in [2.24, 2.45) is 0 Å². The van der Waals surface area contributed by atoms with Crippen molar-refractivity contribution in [2.75, 3.05) is 0 Å². The van der Waals surface area contributed by atoms with E-state index in [1.807, 2.05) is 0 Å². The quantitative estimate of drug-likeness (QED) is 0.255. The monoisotopic (exact) mass is 415 g/mol. The molecule has 0 saturated heterocycles. The van der Waals surface area contributed by atoms with Crippen LogP contribution in [0.25, 0.3) is 0 Å². The van der Waals surface area contributed by atoms with Crippen molar-refractivity contribution >= 4 is 15.9 Å². The van der Waals surface area contributed by atoms with Gasteiger partial charge in [0.1, 0.15) is 0 Å². The second-order valence-corrected chi connectivity index (χ2v) is 8.89. The van der Waals surface area contributed by atoms with Gasteiger partial charge in [0.2, 0.25) is 0 Å². The zero-order valence-corrected chi connectivity index (χ0v) is 17.0. The fourth-order valence-corrected chi connectivity index (χ4v) is 5.46. The molecule has 0 N–H and O–H groups in total. The molecule has 0 heterocycles. The van der Waals surface area contributed by atoms with Gasteiger partial charge in [0.25, 0.3) is 0 Å². The van der Waals surface area contributed by atoms with Crippen LogP contribution in [0.5, 0.6) is 0 Å². The van der Waals surface area contributed by atoms with Crippen LogP contribution in [0.15, 0.2) is 0 Å². The molecule has 3 fully saturated rings. The van der Waals surface area contributed by atoms with Gasteiger partial charge in [0.05, 0.1) is 18.3 Å². The van der Waals surface area contributed by atoms with E-state index in [4.69, 9.17) is 13.6 Å². The first-order valence-corrected chi connectivity index (χ1v) is 11.7. The van der Waals surface area contributed by atoms with E-state index in [1.54, 1.807) is 0 Å². The summed E-state index contributed by atoms with van der Waals surface area (Å²) in [5.41, 5.74) is 0. The second-order valence-electron chi connectivity index (χ2n) is 7.81. The molecule has 0 spiro atoms. The number of rotatable bonds is 6. The largest absolute Gasteiger partial charge is 0.673 e. The van der Waals surface area contributed by atoms with Crippen molar-refractivity contribution in [1.82, 2.24) is 0 Å². The average molecular weight is 415 g/mol. The Bertz CT molecular complexity index is 332. The normalized spacial score (nSPS) is 23.9. The lowest BCUT2D eigenvalue weighted by atomic mass is 9.98. The average Bonchev–Trinajstić information content (AvgIpc) is 2.63. The van der Waals surface area contributed by atoms with Crippen LogP contribution in [0.1, 0.15) is 96.3 Å². The fraction of sp³-hybridized carbons (Fsp3) is 1.00. The van der Waals surface area contributed by atoms with Gasteiger partial charge in [-0.3, -0.25) is 0 Å². The van der Waals surface area contributed by atoms with E-state index in [2.05, 4.69) is 0 Å². The Morgan fingerprint density at radius 2 is 0.704 bits per heavy atom. The van der Waals surface area contributed by atoms with Gasteiger partial charge in [-0.2, -0.15) is 0 Å². The Labute approximate surface area is 162 Å². The van der Waals surface area contributed by atoms with E-state index in [-0.39, 0.29) is 0 Å². The molecule has 0 unspecified atom stereocenters. The van der Waals surface area contributed by atoms with Gasteiger partial charge in [0, 0.05) is 0 Å². The Hall–Kier alpha value is 0.0949. The van der Waals surface area contributed by atoms with Gasteiger partial charge < -0.3 is 30.8 Å². The predicted octanol–water partition coefficient (Wildman–Crippen LogP) is 7.56. The maximum absolute atomic E-state index is 9.75. The van der Waals surface area contributed by atoms with E-state index in [0.717, 1.165) is 0 Å². The lowest BCUT2D eigenvalue weighted by Crippen LogP contribution is -2.22. The molecule has 3 aliphatic carbocycles. The SMILES string of the molecule is C1CCC(OP(OC2CCCCC2)OC2CCCCC2)CC1.F[B-](F)(F)F. The van der Waals surface area contributed by atoms with Gasteiger partial charge in [-0.15, -0.1) is 0 Å². The Morgan fingerprint density at radius 3 is 0.926 bits per heavy atom. The van der Waals surface area contributed by atoms with Crippen LogP contribution in [0.3, 0.4) is 0 Å². The smallest absolute Gasteiger partial charge is 0.418 e. The van der Waals surface area contributed by atoms with Crippen LogP contribution < -0.4 is 0 Å². The first kappa shape index (κ1) is 23.4. The summed E-state index contributed by atoms with van der Waals surface area (Å²) in [6.07, 6.45) is 20.3. The molecule has 3 saturated carbocycles. The van der Waals surface area contributed by atoms with Crippen molar-refractivity contribution in [3.63, 3.8) is 0 Å². The molecule has 160 valence electrons. The zero-order chi connectivity index (χ0) is 19.5. The van der Waals surface area contributed by atoms with Gasteiger partial charge >= 0.3 is 15.9 Å². The van der Waals surface area contributed by atoms with Crippen LogP contribution >= 0.6 is 8.60 Å². The molecule has 0 aliphatic heterocycles.